The molecular formula is C11H19N3O2. The van der Waals surface area contributed by atoms with Crippen molar-refractivity contribution in [3.05, 3.63) is 0 Å². The van der Waals surface area contributed by atoms with Crippen LogP contribution in [-0.4, -0.2) is 24.9 Å². The Morgan fingerprint density at radius 2 is 1.62 bits per heavy atom. The van der Waals surface area contributed by atoms with Gasteiger partial charge in [0.1, 0.15) is 6.42 Å². The lowest BCUT2D eigenvalue weighted by atomic mass is 9.92. The van der Waals surface area contributed by atoms with E-state index in [-0.39, 0.29) is 23.7 Å². The predicted octanol–water partition coefficient (Wildman–Crippen LogP) is 0.569. The van der Waals surface area contributed by atoms with E-state index in [0.717, 1.165) is 0 Å². The molecule has 0 aliphatic carbocycles. The van der Waals surface area contributed by atoms with Crippen LogP contribution in [0.5, 0.6) is 0 Å². The molecule has 0 aromatic heterocycles. The Bertz CT molecular complexity index is 287. The van der Waals surface area contributed by atoms with Crippen LogP contribution in [0.3, 0.4) is 0 Å². The molecule has 0 fully saturated rings. The standard InChI is InChI=1S/C11H19N3O2/c1-11(2,3)8-10(16)14-7-6-13-9(15)4-5-12/h4,6-8H2,1-3H3,(H,13,15)(H,14,16). The topological polar surface area (TPSA) is 82.0 Å². The first-order valence-corrected chi connectivity index (χ1v) is 5.25. The summed E-state index contributed by atoms with van der Waals surface area (Å²) >= 11 is 0. The summed E-state index contributed by atoms with van der Waals surface area (Å²) in [5.74, 6) is -0.338. The van der Waals surface area contributed by atoms with Gasteiger partial charge in [-0.15, -0.1) is 0 Å². The highest BCUT2D eigenvalue weighted by Gasteiger charge is 2.15. The molecule has 0 aliphatic heterocycles. The van der Waals surface area contributed by atoms with Crippen molar-refractivity contribution in [2.45, 2.75) is 33.6 Å². The maximum atomic E-state index is 11.4. The monoisotopic (exact) mass is 225 g/mol. The van der Waals surface area contributed by atoms with E-state index < -0.39 is 0 Å². The minimum atomic E-state index is -0.312. The van der Waals surface area contributed by atoms with Gasteiger partial charge in [-0.3, -0.25) is 9.59 Å². The minimum absolute atomic E-state index is 0.0259. The van der Waals surface area contributed by atoms with Gasteiger partial charge in [-0.05, 0) is 5.41 Å². The van der Waals surface area contributed by atoms with Crippen molar-refractivity contribution in [2.75, 3.05) is 13.1 Å². The van der Waals surface area contributed by atoms with E-state index in [0.29, 0.717) is 19.5 Å². The summed E-state index contributed by atoms with van der Waals surface area (Å²) in [7, 11) is 0. The number of hydrogen-bond donors (Lipinski definition) is 2. The van der Waals surface area contributed by atoms with Gasteiger partial charge in [-0.2, -0.15) is 5.26 Å². The van der Waals surface area contributed by atoms with Crippen molar-refractivity contribution >= 4 is 11.8 Å². The van der Waals surface area contributed by atoms with E-state index in [9.17, 15) is 9.59 Å². The molecule has 5 heteroatoms. The maximum Gasteiger partial charge on any atom is 0.234 e. The number of nitriles is 1. The van der Waals surface area contributed by atoms with E-state index in [1.54, 1.807) is 6.07 Å². The van der Waals surface area contributed by atoms with Crippen molar-refractivity contribution in [3.63, 3.8) is 0 Å². The van der Waals surface area contributed by atoms with E-state index in [2.05, 4.69) is 10.6 Å². The molecule has 0 heterocycles. The van der Waals surface area contributed by atoms with Crippen LogP contribution >= 0.6 is 0 Å². The summed E-state index contributed by atoms with van der Waals surface area (Å²) < 4.78 is 0. The highest BCUT2D eigenvalue weighted by atomic mass is 16.2. The average Bonchev–Trinajstić information content (AvgIpc) is 2.10. The summed E-state index contributed by atoms with van der Waals surface area (Å²) in [6, 6.07) is 1.75. The van der Waals surface area contributed by atoms with Crippen LogP contribution in [0.1, 0.15) is 33.6 Å². The van der Waals surface area contributed by atoms with Crippen LogP contribution in [0.25, 0.3) is 0 Å². The molecule has 5 nitrogen and oxygen atoms in total. The van der Waals surface area contributed by atoms with Crippen molar-refractivity contribution in [2.24, 2.45) is 5.41 Å². The Labute approximate surface area is 96.2 Å². The Morgan fingerprint density at radius 3 is 2.06 bits per heavy atom. The lowest BCUT2D eigenvalue weighted by molar-refractivity contribution is -0.123. The fraction of sp³-hybridized carbons (Fsp3) is 0.727. The molecule has 2 N–H and O–H groups in total. The zero-order valence-corrected chi connectivity index (χ0v) is 10.1. The SMILES string of the molecule is CC(C)(C)CC(=O)NCCNC(=O)CC#N. The lowest BCUT2D eigenvalue weighted by Gasteiger charge is -2.17. The van der Waals surface area contributed by atoms with Gasteiger partial charge in [0.25, 0.3) is 0 Å². The molecule has 0 saturated carbocycles. The zero-order valence-electron chi connectivity index (χ0n) is 10.1. The minimum Gasteiger partial charge on any atom is -0.354 e. The van der Waals surface area contributed by atoms with Crippen molar-refractivity contribution in [3.8, 4) is 6.07 Å². The molecular weight excluding hydrogens is 206 g/mol. The molecule has 0 atom stereocenters. The lowest BCUT2D eigenvalue weighted by Crippen LogP contribution is -2.35. The second-order valence-electron chi connectivity index (χ2n) is 4.77. The molecule has 90 valence electrons. The highest BCUT2D eigenvalue weighted by Crippen LogP contribution is 2.17. The summed E-state index contributed by atoms with van der Waals surface area (Å²) in [6.45, 7) is 6.71. The van der Waals surface area contributed by atoms with Crippen LogP contribution in [-0.2, 0) is 9.59 Å². The molecule has 0 unspecified atom stereocenters. The molecule has 0 rings (SSSR count). The Balaban J connectivity index is 3.57. The third kappa shape index (κ3) is 9.00. The summed E-state index contributed by atoms with van der Waals surface area (Å²) in [5.41, 5.74) is -0.0336. The largest absolute Gasteiger partial charge is 0.354 e. The molecule has 0 radical (unpaired) electrons. The van der Waals surface area contributed by atoms with Gasteiger partial charge >= 0.3 is 0 Å². The normalized spacial score (nSPS) is 10.4. The quantitative estimate of drug-likeness (QED) is 0.671. The Morgan fingerprint density at radius 1 is 1.12 bits per heavy atom. The van der Waals surface area contributed by atoms with Gasteiger partial charge in [-0.1, -0.05) is 20.8 Å². The summed E-state index contributed by atoms with van der Waals surface area (Å²) in [5, 5.41) is 13.5. The molecule has 0 aromatic rings. The first-order chi connectivity index (χ1) is 7.35. The van der Waals surface area contributed by atoms with Crippen molar-refractivity contribution < 1.29 is 9.59 Å². The molecule has 0 bridgehead atoms. The molecule has 0 aliphatic rings. The van der Waals surface area contributed by atoms with Gasteiger partial charge in [0, 0.05) is 19.5 Å². The molecule has 2 amide bonds. The van der Waals surface area contributed by atoms with Crippen LogP contribution < -0.4 is 10.6 Å². The van der Waals surface area contributed by atoms with Gasteiger partial charge in [-0.25, -0.2) is 0 Å². The molecule has 16 heavy (non-hydrogen) atoms. The third-order valence-electron chi connectivity index (χ3n) is 1.70. The number of nitrogens with one attached hydrogen (secondary N) is 2. The maximum absolute atomic E-state index is 11.4. The van der Waals surface area contributed by atoms with E-state index >= 15 is 0 Å². The molecule has 0 saturated heterocycles. The fourth-order valence-electron chi connectivity index (χ4n) is 1.08. The smallest absolute Gasteiger partial charge is 0.234 e. The number of nitrogens with zero attached hydrogens (tertiary/aromatic N) is 1. The average molecular weight is 225 g/mol. The zero-order chi connectivity index (χ0) is 12.6. The van der Waals surface area contributed by atoms with E-state index in [1.165, 1.54) is 0 Å². The number of carbonyl (C=O) groups excluding carboxylic acids is 2. The molecule has 0 aromatic carbocycles. The third-order valence-corrected chi connectivity index (χ3v) is 1.70. The van der Waals surface area contributed by atoms with Crippen molar-refractivity contribution in [1.29, 1.82) is 5.26 Å². The second-order valence-corrected chi connectivity index (χ2v) is 4.77. The van der Waals surface area contributed by atoms with Gasteiger partial charge in [0.2, 0.25) is 11.8 Å². The predicted molar refractivity (Wildman–Crippen MR) is 60.3 cm³/mol. The van der Waals surface area contributed by atoms with Crippen molar-refractivity contribution in [1.82, 2.24) is 10.6 Å². The van der Waals surface area contributed by atoms with E-state index in [1.807, 2.05) is 20.8 Å². The van der Waals surface area contributed by atoms with Crippen LogP contribution in [0, 0.1) is 16.7 Å². The Kier molecular flexibility index (Phi) is 6.16. The van der Waals surface area contributed by atoms with E-state index in [4.69, 9.17) is 5.26 Å². The van der Waals surface area contributed by atoms with Crippen LogP contribution in [0.4, 0.5) is 0 Å². The number of hydrogen-bond acceptors (Lipinski definition) is 3. The van der Waals surface area contributed by atoms with Gasteiger partial charge in [0.05, 0.1) is 6.07 Å². The first-order valence-electron chi connectivity index (χ1n) is 5.25. The van der Waals surface area contributed by atoms with Crippen LogP contribution in [0.15, 0.2) is 0 Å². The number of carbonyl (C=O) groups is 2. The van der Waals surface area contributed by atoms with Gasteiger partial charge in [0.15, 0.2) is 0 Å². The summed E-state index contributed by atoms with van der Waals surface area (Å²) in [4.78, 5) is 22.2. The molecule has 0 spiro atoms. The number of rotatable bonds is 5. The highest BCUT2D eigenvalue weighted by molar-refractivity contribution is 5.78. The first kappa shape index (κ1) is 14.4. The Hall–Kier alpha value is -1.57. The van der Waals surface area contributed by atoms with Crippen LogP contribution in [0.2, 0.25) is 0 Å². The number of amides is 2. The second kappa shape index (κ2) is 6.83. The summed E-state index contributed by atoms with van der Waals surface area (Å²) in [6.07, 6.45) is 0.315. The van der Waals surface area contributed by atoms with Gasteiger partial charge < -0.3 is 10.6 Å². The fourth-order valence-corrected chi connectivity index (χ4v) is 1.08.